The van der Waals surface area contributed by atoms with Gasteiger partial charge >= 0.3 is 0 Å². The molecule has 1 N–H and O–H groups in total. The van der Waals surface area contributed by atoms with Gasteiger partial charge in [-0.15, -0.1) is 11.3 Å². The van der Waals surface area contributed by atoms with Crippen molar-refractivity contribution in [3.63, 3.8) is 0 Å². The molecule has 96 valence electrons. The van der Waals surface area contributed by atoms with Crippen molar-refractivity contribution >= 4 is 11.3 Å². The number of aryl methyl sites for hydroxylation is 1. The third-order valence-electron chi connectivity index (χ3n) is 3.63. The molecule has 2 atom stereocenters. The average Bonchev–Trinajstić information content (AvgIpc) is 2.99. The second-order valence-electron chi connectivity index (χ2n) is 5.10. The zero-order chi connectivity index (χ0) is 12.4. The fourth-order valence-corrected chi connectivity index (χ4v) is 3.63. The van der Waals surface area contributed by atoms with Crippen molar-refractivity contribution in [2.75, 3.05) is 0 Å². The van der Waals surface area contributed by atoms with Gasteiger partial charge in [0.25, 0.3) is 0 Å². The Morgan fingerprint density at radius 2 is 2.44 bits per heavy atom. The van der Waals surface area contributed by atoms with Gasteiger partial charge in [-0.25, -0.2) is 0 Å². The summed E-state index contributed by atoms with van der Waals surface area (Å²) in [6, 6.07) is 7.45. The second kappa shape index (κ2) is 5.29. The van der Waals surface area contributed by atoms with Crippen LogP contribution in [0.1, 0.15) is 42.0 Å². The van der Waals surface area contributed by atoms with Gasteiger partial charge in [0.05, 0.1) is 6.26 Å². The highest BCUT2D eigenvalue weighted by molar-refractivity contribution is 7.09. The van der Waals surface area contributed by atoms with Gasteiger partial charge in [-0.05, 0) is 43.7 Å². The van der Waals surface area contributed by atoms with Crippen LogP contribution < -0.4 is 5.32 Å². The number of fused-ring (bicyclic) bond motifs is 1. The number of hydrogen-bond acceptors (Lipinski definition) is 3. The summed E-state index contributed by atoms with van der Waals surface area (Å²) in [6.07, 6.45) is 6.49. The maximum absolute atomic E-state index is 5.54. The van der Waals surface area contributed by atoms with Gasteiger partial charge in [0.15, 0.2) is 0 Å². The van der Waals surface area contributed by atoms with Crippen LogP contribution in [0.3, 0.4) is 0 Å². The van der Waals surface area contributed by atoms with Crippen LogP contribution >= 0.6 is 11.3 Å². The Morgan fingerprint density at radius 1 is 1.50 bits per heavy atom. The van der Waals surface area contributed by atoms with Gasteiger partial charge in [-0.2, -0.15) is 0 Å². The van der Waals surface area contributed by atoms with E-state index in [-0.39, 0.29) is 0 Å². The predicted octanol–water partition coefficient (Wildman–Crippen LogP) is 3.94. The first-order valence-electron chi connectivity index (χ1n) is 6.67. The van der Waals surface area contributed by atoms with E-state index in [1.165, 1.54) is 29.0 Å². The van der Waals surface area contributed by atoms with E-state index in [1.54, 1.807) is 0 Å². The molecular formula is C15H19NOS. The first-order valence-corrected chi connectivity index (χ1v) is 7.55. The molecule has 3 heteroatoms. The van der Waals surface area contributed by atoms with Crippen LogP contribution in [0.4, 0.5) is 0 Å². The molecule has 2 aromatic heterocycles. The summed E-state index contributed by atoms with van der Waals surface area (Å²) < 4.78 is 5.54. The first-order chi connectivity index (χ1) is 8.83. The molecule has 0 spiro atoms. The van der Waals surface area contributed by atoms with Crippen molar-refractivity contribution in [2.45, 2.75) is 44.7 Å². The van der Waals surface area contributed by atoms with E-state index in [1.807, 2.05) is 17.6 Å². The molecule has 3 rings (SSSR count). The lowest BCUT2D eigenvalue weighted by atomic mass is 9.92. The third-order valence-corrected chi connectivity index (χ3v) is 4.52. The molecule has 0 radical (unpaired) electrons. The molecule has 0 saturated heterocycles. The zero-order valence-corrected chi connectivity index (χ0v) is 11.5. The Kier molecular flexibility index (Phi) is 3.52. The maximum atomic E-state index is 5.54. The molecular weight excluding hydrogens is 242 g/mol. The number of rotatable bonds is 4. The summed E-state index contributed by atoms with van der Waals surface area (Å²) in [5.41, 5.74) is 1.37. The summed E-state index contributed by atoms with van der Waals surface area (Å²) >= 11 is 1.84. The summed E-state index contributed by atoms with van der Waals surface area (Å²) in [5.74, 6) is 1.18. The molecule has 18 heavy (non-hydrogen) atoms. The van der Waals surface area contributed by atoms with Gasteiger partial charge in [-0.1, -0.05) is 6.07 Å². The Balaban J connectivity index is 1.64. The first kappa shape index (κ1) is 12.0. The summed E-state index contributed by atoms with van der Waals surface area (Å²) in [7, 11) is 0. The molecule has 2 aromatic rings. The van der Waals surface area contributed by atoms with Crippen LogP contribution in [0.15, 0.2) is 34.3 Å². The standard InChI is InChI=1S/C15H19NOS/c1-11(10-12-4-3-9-18-12)16-14-5-2-6-15-13(14)7-8-17-15/h3-4,7-9,11,14,16H,2,5-6,10H2,1H3. The van der Waals surface area contributed by atoms with Crippen molar-refractivity contribution in [3.8, 4) is 0 Å². The molecule has 0 fully saturated rings. The molecule has 0 bridgehead atoms. The van der Waals surface area contributed by atoms with Gasteiger partial charge in [-0.3, -0.25) is 0 Å². The number of hydrogen-bond donors (Lipinski definition) is 1. The van der Waals surface area contributed by atoms with Crippen LogP contribution in [-0.4, -0.2) is 6.04 Å². The minimum absolute atomic E-state index is 0.475. The zero-order valence-electron chi connectivity index (χ0n) is 10.7. The maximum Gasteiger partial charge on any atom is 0.108 e. The van der Waals surface area contributed by atoms with Crippen LogP contribution in [0.25, 0.3) is 0 Å². The number of nitrogens with one attached hydrogen (secondary N) is 1. The van der Waals surface area contributed by atoms with Gasteiger partial charge in [0, 0.05) is 28.9 Å². The van der Waals surface area contributed by atoms with Crippen LogP contribution in [-0.2, 0) is 12.8 Å². The smallest absolute Gasteiger partial charge is 0.108 e. The molecule has 1 aliphatic carbocycles. The number of thiophene rings is 1. The fourth-order valence-electron chi connectivity index (χ4n) is 2.79. The number of furan rings is 1. The largest absolute Gasteiger partial charge is 0.469 e. The topological polar surface area (TPSA) is 25.2 Å². The molecule has 0 saturated carbocycles. The highest BCUT2D eigenvalue weighted by atomic mass is 32.1. The van der Waals surface area contributed by atoms with Gasteiger partial charge in [0.1, 0.15) is 5.76 Å². The van der Waals surface area contributed by atoms with Crippen molar-refractivity contribution in [3.05, 3.63) is 46.0 Å². The quantitative estimate of drug-likeness (QED) is 0.902. The highest BCUT2D eigenvalue weighted by Gasteiger charge is 2.23. The predicted molar refractivity (Wildman–Crippen MR) is 75.0 cm³/mol. The lowest BCUT2D eigenvalue weighted by Gasteiger charge is -2.26. The molecule has 0 amide bonds. The minimum atomic E-state index is 0.475. The van der Waals surface area contributed by atoms with Crippen molar-refractivity contribution in [2.24, 2.45) is 0 Å². The molecule has 1 aliphatic rings. The van der Waals surface area contributed by atoms with E-state index in [0.29, 0.717) is 12.1 Å². The van der Waals surface area contributed by atoms with Crippen LogP contribution in [0.2, 0.25) is 0 Å². The average molecular weight is 261 g/mol. The normalized spacial score (nSPS) is 20.6. The SMILES string of the molecule is CC(Cc1cccs1)NC1CCCc2occc21. The van der Waals surface area contributed by atoms with Crippen molar-refractivity contribution < 1.29 is 4.42 Å². The van der Waals surface area contributed by atoms with Crippen LogP contribution in [0, 0.1) is 0 Å². The van der Waals surface area contributed by atoms with Gasteiger partial charge < -0.3 is 9.73 Å². The monoisotopic (exact) mass is 261 g/mol. The molecule has 2 heterocycles. The Labute approximate surface area is 112 Å². The Morgan fingerprint density at radius 3 is 3.28 bits per heavy atom. The Hall–Kier alpha value is -1.06. The van der Waals surface area contributed by atoms with Crippen LogP contribution in [0.5, 0.6) is 0 Å². The van der Waals surface area contributed by atoms with E-state index < -0.39 is 0 Å². The lowest BCUT2D eigenvalue weighted by Crippen LogP contribution is -2.33. The lowest BCUT2D eigenvalue weighted by molar-refractivity contribution is 0.381. The summed E-state index contributed by atoms with van der Waals surface area (Å²) in [4.78, 5) is 1.46. The van der Waals surface area contributed by atoms with E-state index >= 15 is 0 Å². The van der Waals surface area contributed by atoms with Crippen molar-refractivity contribution in [1.82, 2.24) is 5.32 Å². The van der Waals surface area contributed by atoms with E-state index in [0.717, 1.165) is 12.8 Å². The molecule has 0 aromatic carbocycles. The summed E-state index contributed by atoms with van der Waals surface area (Å²) in [5, 5.41) is 5.90. The third kappa shape index (κ3) is 2.52. The van der Waals surface area contributed by atoms with Crippen molar-refractivity contribution in [1.29, 1.82) is 0 Å². The minimum Gasteiger partial charge on any atom is -0.469 e. The van der Waals surface area contributed by atoms with E-state index in [4.69, 9.17) is 4.42 Å². The van der Waals surface area contributed by atoms with Gasteiger partial charge in [0.2, 0.25) is 0 Å². The highest BCUT2D eigenvalue weighted by Crippen LogP contribution is 2.31. The molecule has 2 unspecified atom stereocenters. The Bertz CT molecular complexity index is 488. The fraction of sp³-hybridized carbons (Fsp3) is 0.467. The summed E-state index contributed by atoms with van der Waals surface area (Å²) in [6.45, 7) is 2.27. The molecule has 2 nitrogen and oxygen atoms in total. The van der Waals surface area contributed by atoms with E-state index in [2.05, 4.69) is 35.8 Å². The second-order valence-corrected chi connectivity index (χ2v) is 6.13. The van der Waals surface area contributed by atoms with E-state index in [9.17, 15) is 0 Å². The molecule has 0 aliphatic heterocycles.